The SMILES string of the molecule is COc1cc(N)c(CN2CCNCC2)cc1OC. The molecular weight excluding hydrogens is 230 g/mol. The highest BCUT2D eigenvalue weighted by molar-refractivity contribution is 5.57. The Balaban J connectivity index is 2.16. The van der Waals surface area contributed by atoms with Gasteiger partial charge in [0, 0.05) is 44.5 Å². The van der Waals surface area contributed by atoms with Gasteiger partial charge < -0.3 is 20.5 Å². The maximum Gasteiger partial charge on any atom is 0.162 e. The smallest absolute Gasteiger partial charge is 0.162 e. The summed E-state index contributed by atoms with van der Waals surface area (Å²) in [6.07, 6.45) is 0. The molecule has 1 aliphatic rings. The van der Waals surface area contributed by atoms with Gasteiger partial charge in [0.2, 0.25) is 0 Å². The van der Waals surface area contributed by atoms with E-state index in [4.69, 9.17) is 15.2 Å². The third kappa shape index (κ3) is 2.86. The van der Waals surface area contributed by atoms with Crippen molar-refractivity contribution in [2.45, 2.75) is 6.54 Å². The van der Waals surface area contributed by atoms with E-state index in [9.17, 15) is 0 Å². The number of ether oxygens (including phenoxy) is 2. The van der Waals surface area contributed by atoms with Crippen LogP contribution in [-0.2, 0) is 6.54 Å². The van der Waals surface area contributed by atoms with Gasteiger partial charge in [0.05, 0.1) is 14.2 Å². The van der Waals surface area contributed by atoms with Crippen molar-refractivity contribution in [1.29, 1.82) is 0 Å². The zero-order chi connectivity index (χ0) is 13.0. The minimum absolute atomic E-state index is 0.680. The third-order valence-electron chi connectivity index (χ3n) is 3.25. The van der Waals surface area contributed by atoms with Crippen molar-refractivity contribution in [2.75, 3.05) is 46.1 Å². The van der Waals surface area contributed by atoms with Gasteiger partial charge in [-0.3, -0.25) is 4.90 Å². The Morgan fingerprint density at radius 3 is 2.39 bits per heavy atom. The molecule has 5 nitrogen and oxygen atoms in total. The summed E-state index contributed by atoms with van der Waals surface area (Å²) in [5.41, 5.74) is 7.91. The summed E-state index contributed by atoms with van der Waals surface area (Å²) in [7, 11) is 3.26. The summed E-state index contributed by atoms with van der Waals surface area (Å²) < 4.78 is 10.5. The summed E-state index contributed by atoms with van der Waals surface area (Å²) in [6.45, 7) is 5.02. The van der Waals surface area contributed by atoms with E-state index >= 15 is 0 Å². The lowest BCUT2D eigenvalue weighted by Crippen LogP contribution is -2.42. The fourth-order valence-corrected chi connectivity index (χ4v) is 2.18. The number of rotatable bonds is 4. The Hall–Kier alpha value is -1.46. The average molecular weight is 251 g/mol. The molecule has 1 fully saturated rings. The van der Waals surface area contributed by atoms with Crippen LogP contribution in [0.1, 0.15) is 5.56 Å². The molecule has 0 atom stereocenters. The van der Waals surface area contributed by atoms with Crippen molar-refractivity contribution < 1.29 is 9.47 Å². The number of methoxy groups -OCH3 is 2. The van der Waals surface area contributed by atoms with E-state index in [1.807, 2.05) is 12.1 Å². The molecular formula is C13H21N3O2. The molecule has 0 bridgehead atoms. The number of nitrogen functional groups attached to an aromatic ring is 1. The van der Waals surface area contributed by atoms with Gasteiger partial charge in [-0.15, -0.1) is 0 Å². The maximum atomic E-state index is 6.06. The van der Waals surface area contributed by atoms with Crippen LogP contribution in [0.4, 0.5) is 5.69 Å². The Labute approximate surface area is 108 Å². The second-order valence-corrected chi connectivity index (χ2v) is 4.43. The number of hydrogen-bond donors (Lipinski definition) is 2. The molecule has 0 radical (unpaired) electrons. The second kappa shape index (κ2) is 5.93. The molecule has 1 aromatic rings. The van der Waals surface area contributed by atoms with Gasteiger partial charge in [0.15, 0.2) is 11.5 Å². The molecule has 0 aromatic heterocycles. The summed E-state index contributed by atoms with van der Waals surface area (Å²) >= 11 is 0. The van der Waals surface area contributed by atoms with Crippen molar-refractivity contribution in [3.8, 4) is 11.5 Å². The van der Waals surface area contributed by atoms with E-state index in [2.05, 4.69) is 10.2 Å². The highest BCUT2D eigenvalue weighted by atomic mass is 16.5. The van der Waals surface area contributed by atoms with Gasteiger partial charge in [-0.05, 0) is 11.6 Å². The highest BCUT2D eigenvalue weighted by Gasteiger charge is 2.14. The fraction of sp³-hybridized carbons (Fsp3) is 0.538. The summed E-state index contributed by atoms with van der Waals surface area (Å²) in [5.74, 6) is 1.41. The molecule has 1 saturated heterocycles. The Kier molecular flexibility index (Phi) is 4.28. The number of piperazine rings is 1. The van der Waals surface area contributed by atoms with Crippen LogP contribution >= 0.6 is 0 Å². The standard InChI is InChI=1S/C13H21N3O2/c1-17-12-7-10(11(14)8-13(12)18-2)9-16-5-3-15-4-6-16/h7-8,15H,3-6,9,14H2,1-2H3. The monoisotopic (exact) mass is 251 g/mol. The zero-order valence-corrected chi connectivity index (χ0v) is 11.0. The van der Waals surface area contributed by atoms with Gasteiger partial charge >= 0.3 is 0 Å². The number of hydrogen-bond acceptors (Lipinski definition) is 5. The third-order valence-corrected chi connectivity index (χ3v) is 3.25. The number of benzene rings is 1. The van der Waals surface area contributed by atoms with E-state index in [-0.39, 0.29) is 0 Å². The van der Waals surface area contributed by atoms with Crippen LogP contribution in [0, 0.1) is 0 Å². The van der Waals surface area contributed by atoms with Crippen molar-refractivity contribution in [3.05, 3.63) is 17.7 Å². The molecule has 5 heteroatoms. The average Bonchev–Trinajstić information content (AvgIpc) is 2.41. The van der Waals surface area contributed by atoms with Crippen LogP contribution < -0.4 is 20.5 Å². The lowest BCUT2D eigenvalue weighted by Gasteiger charge is -2.27. The molecule has 18 heavy (non-hydrogen) atoms. The predicted octanol–water partition coefficient (Wildman–Crippen LogP) is 0.691. The molecule has 0 amide bonds. The van der Waals surface area contributed by atoms with Crippen LogP contribution in [0.2, 0.25) is 0 Å². The van der Waals surface area contributed by atoms with Crippen LogP contribution in [0.25, 0.3) is 0 Å². The van der Waals surface area contributed by atoms with Crippen LogP contribution in [0.5, 0.6) is 11.5 Å². The Morgan fingerprint density at radius 2 is 1.78 bits per heavy atom. The predicted molar refractivity (Wildman–Crippen MR) is 72.1 cm³/mol. The molecule has 0 unspecified atom stereocenters. The van der Waals surface area contributed by atoms with Crippen LogP contribution in [-0.4, -0.2) is 45.3 Å². The van der Waals surface area contributed by atoms with Gasteiger partial charge in [-0.1, -0.05) is 0 Å². The number of nitrogens with zero attached hydrogens (tertiary/aromatic N) is 1. The zero-order valence-electron chi connectivity index (χ0n) is 11.0. The molecule has 3 N–H and O–H groups in total. The minimum atomic E-state index is 0.680. The minimum Gasteiger partial charge on any atom is -0.493 e. The van der Waals surface area contributed by atoms with Gasteiger partial charge in [0.1, 0.15) is 0 Å². The van der Waals surface area contributed by atoms with Crippen molar-refractivity contribution in [3.63, 3.8) is 0 Å². The largest absolute Gasteiger partial charge is 0.493 e. The number of nitrogens with two attached hydrogens (primary N) is 1. The number of anilines is 1. The molecule has 2 rings (SSSR count). The first kappa shape index (κ1) is 13.0. The van der Waals surface area contributed by atoms with Gasteiger partial charge in [-0.2, -0.15) is 0 Å². The summed E-state index contributed by atoms with van der Waals surface area (Å²) in [5, 5.41) is 3.34. The summed E-state index contributed by atoms with van der Waals surface area (Å²) in [4.78, 5) is 2.38. The van der Waals surface area contributed by atoms with E-state index in [1.54, 1.807) is 14.2 Å². The maximum absolute atomic E-state index is 6.06. The quantitative estimate of drug-likeness (QED) is 0.771. The molecule has 0 saturated carbocycles. The van der Waals surface area contributed by atoms with E-state index in [0.29, 0.717) is 5.75 Å². The molecule has 1 heterocycles. The van der Waals surface area contributed by atoms with Crippen molar-refractivity contribution in [1.82, 2.24) is 10.2 Å². The Morgan fingerprint density at radius 1 is 1.17 bits per heavy atom. The van der Waals surface area contributed by atoms with E-state index < -0.39 is 0 Å². The molecule has 1 aliphatic heterocycles. The van der Waals surface area contributed by atoms with Crippen LogP contribution in [0.15, 0.2) is 12.1 Å². The fourth-order valence-electron chi connectivity index (χ4n) is 2.18. The van der Waals surface area contributed by atoms with Gasteiger partial charge in [-0.25, -0.2) is 0 Å². The Bertz CT molecular complexity index is 403. The molecule has 1 aromatic carbocycles. The topological polar surface area (TPSA) is 59.8 Å². The first-order chi connectivity index (χ1) is 8.74. The number of nitrogens with one attached hydrogen (secondary N) is 1. The van der Waals surface area contributed by atoms with Crippen molar-refractivity contribution >= 4 is 5.69 Å². The lowest BCUT2D eigenvalue weighted by molar-refractivity contribution is 0.233. The lowest BCUT2D eigenvalue weighted by atomic mass is 10.1. The normalized spacial score (nSPS) is 16.6. The first-order valence-corrected chi connectivity index (χ1v) is 6.18. The van der Waals surface area contributed by atoms with Crippen LogP contribution in [0.3, 0.4) is 0 Å². The van der Waals surface area contributed by atoms with E-state index in [1.165, 1.54) is 0 Å². The van der Waals surface area contributed by atoms with Gasteiger partial charge in [0.25, 0.3) is 0 Å². The molecule has 0 aliphatic carbocycles. The molecule has 0 spiro atoms. The molecule has 100 valence electrons. The summed E-state index contributed by atoms with van der Waals surface area (Å²) in [6, 6.07) is 3.80. The van der Waals surface area contributed by atoms with E-state index in [0.717, 1.165) is 49.7 Å². The van der Waals surface area contributed by atoms with Crippen molar-refractivity contribution in [2.24, 2.45) is 0 Å². The highest BCUT2D eigenvalue weighted by Crippen LogP contribution is 2.32. The first-order valence-electron chi connectivity index (χ1n) is 6.18. The second-order valence-electron chi connectivity index (χ2n) is 4.43.